The lowest BCUT2D eigenvalue weighted by atomic mass is 10.2. The van der Waals surface area contributed by atoms with Gasteiger partial charge in [0.05, 0.1) is 26.3 Å². The third kappa shape index (κ3) is 16.3. The Labute approximate surface area is 172 Å². The van der Waals surface area contributed by atoms with E-state index < -0.39 is 7.82 Å². The van der Waals surface area contributed by atoms with Gasteiger partial charge in [0, 0.05) is 0 Å². The van der Waals surface area contributed by atoms with Gasteiger partial charge in [-0.15, -0.1) is 0 Å². The van der Waals surface area contributed by atoms with E-state index in [1.54, 1.807) is 0 Å². The van der Waals surface area contributed by atoms with Crippen LogP contribution in [0.2, 0.25) is 0 Å². The summed E-state index contributed by atoms with van der Waals surface area (Å²) in [5.74, 6) is 0. The summed E-state index contributed by atoms with van der Waals surface area (Å²) in [4.78, 5) is 11.0. The molecule has 0 saturated carbocycles. The standard InChI is InChI=1S/C13H25N2.C8H19O4P/c1-3-5-7-8-10-15-12-11-14(13-15)9-6-4-2;1-3-5-7-11-13(9,10)12-8-6-4-2/h11-13H,3-10H2,1-2H3;3-8H2,1-2H3,(H,9,10)/q+1;/p-1. The number of nitrogens with zero attached hydrogens (tertiary/aromatic N) is 2. The minimum atomic E-state index is -4.00. The van der Waals surface area contributed by atoms with Crippen LogP contribution in [0.25, 0.3) is 0 Å². The Morgan fingerprint density at radius 2 is 1.43 bits per heavy atom. The first-order chi connectivity index (χ1) is 13.5. The van der Waals surface area contributed by atoms with E-state index in [1.165, 1.54) is 51.6 Å². The van der Waals surface area contributed by atoms with Crippen molar-refractivity contribution in [2.75, 3.05) is 13.2 Å². The molecule has 0 aromatic carbocycles. The van der Waals surface area contributed by atoms with Crippen LogP contribution >= 0.6 is 7.82 Å². The predicted octanol–water partition coefficient (Wildman–Crippen LogP) is 5.24. The molecule has 0 fully saturated rings. The smallest absolute Gasteiger partial charge is 0.267 e. The molecule has 1 aromatic heterocycles. The first-order valence-corrected chi connectivity index (χ1v) is 12.6. The highest BCUT2D eigenvalue weighted by Gasteiger charge is 2.07. The van der Waals surface area contributed by atoms with Crippen LogP contribution in [0.3, 0.4) is 0 Å². The van der Waals surface area contributed by atoms with Crippen molar-refractivity contribution < 1.29 is 23.1 Å². The van der Waals surface area contributed by atoms with Crippen molar-refractivity contribution in [2.24, 2.45) is 0 Å². The Balaban J connectivity index is 0.000000528. The van der Waals surface area contributed by atoms with Crippen molar-refractivity contribution >= 4 is 7.82 Å². The maximum atomic E-state index is 11.0. The molecule has 6 nitrogen and oxygen atoms in total. The lowest BCUT2D eigenvalue weighted by molar-refractivity contribution is -0.696. The summed E-state index contributed by atoms with van der Waals surface area (Å²) in [6.45, 7) is 11.2. The highest BCUT2D eigenvalue weighted by atomic mass is 31.2. The molecule has 7 heteroatoms. The molecule has 1 heterocycles. The fourth-order valence-electron chi connectivity index (χ4n) is 2.44. The molecule has 0 unspecified atom stereocenters. The lowest BCUT2D eigenvalue weighted by Crippen LogP contribution is -2.30. The summed E-state index contributed by atoms with van der Waals surface area (Å²) < 4.78 is 24.8. The number of unbranched alkanes of at least 4 members (excludes halogenated alkanes) is 6. The molecule has 0 bridgehead atoms. The van der Waals surface area contributed by atoms with Gasteiger partial charge in [0.15, 0.2) is 0 Å². The molecule has 0 atom stereocenters. The summed E-state index contributed by atoms with van der Waals surface area (Å²) in [6.07, 6.45) is 17.9. The number of aryl methyl sites for hydroxylation is 2. The van der Waals surface area contributed by atoms with Gasteiger partial charge in [-0.05, 0) is 32.1 Å². The lowest BCUT2D eigenvalue weighted by Gasteiger charge is -2.22. The molecular weight excluding hydrogens is 375 g/mol. The average molecular weight is 419 g/mol. The van der Waals surface area contributed by atoms with Crippen molar-refractivity contribution in [1.82, 2.24) is 4.57 Å². The second kappa shape index (κ2) is 18.4. The number of hydrogen-bond donors (Lipinski definition) is 0. The molecule has 1 rings (SSSR count). The SMILES string of the molecule is CCCCCC[n+]1ccn(CCCC)c1.CCCCOP(=O)([O-])OCCCC. The molecule has 166 valence electrons. The Hall–Kier alpha value is -0.680. The zero-order valence-corrected chi connectivity index (χ0v) is 19.5. The molecule has 0 radical (unpaired) electrons. The molecule has 0 amide bonds. The van der Waals surface area contributed by atoms with Crippen molar-refractivity contribution in [1.29, 1.82) is 0 Å². The van der Waals surface area contributed by atoms with Crippen LogP contribution in [-0.4, -0.2) is 17.8 Å². The van der Waals surface area contributed by atoms with Crippen LogP contribution in [0, 0.1) is 0 Å². The maximum absolute atomic E-state index is 11.0. The predicted molar refractivity (Wildman–Crippen MR) is 113 cm³/mol. The first kappa shape index (κ1) is 27.3. The Kier molecular flexibility index (Phi) is 17.9. The van der Waals surface area contributed by atoms with Gasteiger partial charge in [-0.1, -0.05) is 59.8 Å². The molecular formula is C21H43N2O4P. The van der Waals surface area contributed by atoms with Gasteiger partial charge in [-0.25, -0.2) is 9.13 Å². The summed E-state index contributed by atoms with van der Waals surface area (Å²) in [6, 6.07) is 0. The normalized spacial score (nSPS) is 11.3. The van der Waals surface area contributed by atoms with Gasteiger partial charge in [-0.2, -0.15) is 0 Å². The van der Waals surface area contributed by atoms with Crippen molar-refractivity contribution in [3.63, 3.8) is 0 Å². The van der Waals surface area contributed by atoms with E-state index in [1.807, 2.05) is 13.8 Å². The highest BCUT2D eigenvalue weighted by Crippen LogP contribution is 2.38. The van der Waals surface area contributed by atoms with E-state index in [0.29, 0.717) is 0 Å². The van der Waals surface area contributed by atoms with Crippen LogP contribution in [0.4, 0.5) is 0 Å². The number of phosphoric ester groups is 1. The third-order valence-corrected chi connectivity index (χ3v) is 5.28. The van der Waals surface area contributed by atoms with Crippen LogP contribution in [0.15, 0.2) is 18.7 Å². The van der Waals surface area contributed by atoms with Gasteiger partial charge in [0.25, 0.3) is 7.82 Å². The number of imidazole rings is 1. The first-order valence-electron chi connectivity index (χ1n) is 11.1. The second-order valence-electron chi connectivity index (χ2n) is 7.12. The fraction of sp³-hybridized carbons (Fsp3) is 0.857. The van der Waals surface area contributed by atoms with Crippen LogP contribution in [0.1, 0.15) is 91.9 Å². The second-order valence-corrected chi connectivity index (χ2v) is 8.54. The van der Waals surface area contributed by atoms with E-state index in [4.69, 9.17) is 0 Å². The van der Waals surface area contributed by atoms with Crippen molar-refractivity contribution in [2.45, 2.75) is 105 Å². The topological polar surface area (TPSA) is 67.4 Å². The summed E-state index contributed by atoms with van der Waals surface area (Å²) in [5, 5.41) is 0. The largest absolute Gasteiger partial charge is 0.756 e. The number of aromatic nitrogens is 2. The van der Waals surface area contributed by atoms with Gasteiger partial charge in [0.2, 0.25) is 6.33 Å². The summed E-state index contributed by atoms with van der Waals surface area (Å²) in [5.41, 5.74) is 0. The molecule has 28 heavy (non-hydrogen) atoms. The van der Waals surface area contributed by atoms with Crippen molar-refractivity contribution in [3.05, 3.63) is 18.7 Å². The number of phosphoric acid groups is 1. The highest BCUT2D eigenvalue weighted by molar-refractivity contribution is 7.45. The molecule has 0 N–H and O–H groups in total. The monoisotopic (exact) mass is 418 g/mol. The van der Waals surface area contributed by atoms with Gasteiger partial charge in [-0.3, -0.25) is 4.57 Å². The van der Waals surface area contributed by atoms with Crippen molar-refractivity contribution in [3.8, 4) is 0 Å². The zero-order valence-electron chi connectivity index (χ0n) is 18.6. The molecule has 1 aromatic rings. The van der Waals surface area contributed by atoms with Gasteiger partial charge < -0.3 is 13.9 Å². The molecule has 0 aliphatic rings. The summed E-state index contributed by atoms with van der Waals surface area (Å²) >= 11 is 0. The minimum absolute atomic E-state index is 0.226. The van der Waals surface area contributed by atoms with E-state index in [2.05, 4.69) is 50.8 Å². The number of rotatable bonds is 16. The van der Waals surface area contributed by atoms with Gasteiger partial charge in [0.1, 0.15) is 12.4 Å². The fourth-order valence-corrected chi connectivity index (χ4v) is 3.22. The molecule has 0 aliphatic carbocycles. The Bertz CT molecular complexity index is 494. The number of hydrogen-bond acceptors (Lipinski definition) is 4. The Morgan fingerprint density at radius 3 is 1.96 bits per heavy atom. The van der Waals surface area contributed by atoms with Gasteiger partial charge >= 0.3 is 0 Å². The molecule has 0 spiro atoms. The van der Waals surface area contributed by atoms with Crippen LogP contribution in [-0.2, 0) is 26.7 Å². The molecule has 0 aliphatic heterocycles. The molecule has 0 saturated heterocycles. The van der Waals surface area contributed by atoms with E-state index >= 15 is 0 Å². The van der Waals surface area contributed by atoms with E-state index in [9.17, 15) is 9.46 Å². The van der Waals surface area contributed by atoms with E-state index in [-0.39, 0.29) is 13.2 Å². The van der Waals surface area contributed by atoms with E-state index in [0.717, 1.165) is 25.7 Å². The minimum Gasteiger partial charge on any atom is -0.756 e. The van der Waals surface area contributed by atoms with Crippen LogP contribution in [0.5, 0.6) is 0 Å². The zero-order chi connectivity index (χ0) is 21.1. The Morgan fingerprint density at radius 1 is 0.857 bits per heavy atom. The van der Waals surface area contributed by atoms with Crippen LogP contribution < -0.4 is 9.46 Å². The maximum Gasteiger partial charge on any atom is 0.267 e. The quantitative estimate of drug-likeness (QED) is 0.209. The summed E-state index contributed by atoms with van der Waals surface area (Å²) in [7, 11) is -4.00. The average Bonchev–Trinajstić information content (AvgIpc) is 3.12. The third-order valence-electron chi connectivity index (χ3n) is 4.28.